The van der Waals surface area contributed by atoms with E-state index in [0.717, 1.165) is 0 Å². The number of nitrogens with one attached hydrogen (secondary N) is 1. The van der Waals surface area contributed by atoms with E-state index in [2.05, 4.69) is 38.0 Å². The highest BCUT2D eigenvalue weighted by molar-refractivity contribution is 5.75. The third-order valence-corrected chi connectivity index (χ3v) is 3.20. The van der Waals surface area contributed by atoms with Gasteiger partial charge in [-0.2, -0.15) is 0 Å². The number of hydrazine groups is 1. The molecule has 4 heteroatoms. The first-order valence-corrected chi connectivity index (χ1v) is 5.41. The van der Waals surface area contributed by atoms with Gasteiger partial charge in [-0.1, -0.05) is 20.8 Å². The van der Waals surface area contributed by atoms with Crippen molar-refractivity contribution in [2.24, 2.45) is 11.3 Å². The van der Waals surface area contributed by atoms with Crippen molar-refractivity contribution in [2.75, 3.05) is 7.05 Å². The minimum absolute atomic E-state index is 0.115. The maximum atomic E-state index is 11.1. The van der Waals surface area contributed by atoms with E-state index >= 15 is 0 Å². The molecular weight excluding hydrogens is 190 g/mol. The highest BCUT2D eigenvalue weighted by Gasteiger charge is 2.27. The number of hydrogen-bond donors (Lipinski definition) is 2. The van der Waals surface area contributed by atoms with Crippen LogP contribution in [0.15, 0.2) is 0 Å². The van der Waals surface area contributed by atoms with E-state index in [0.29, 0.717) is 12.5 Å². The average molecular weight is 215 g/mol. The molecular formula is C11H25N3O. The SMILES string of the molecule is CC(CC(=O)NN)N(C)C(C)C(C)(C)C. The van der Waals surface area contributed by atoms with E-state index in [1.807, 2.05) is 14.0 Å². The summed E-state index contributed by atoms with van der Waals surface area (Å²) in [5.41, 5.74) is 2.37. The molecule has 0 aromatic heterocycles. The molecule has 0 spiro atoms. The third-order valence-electron chi connectivity index (χ3n) is 3.20. The Morgan fingerprint density at radius 2 is 1.87 bits per heavy atom. The zero-order chi connectivity index (χ0) is 12.2. The summed E-state index contributed by atoms with van der Waals surface area (Å²) in [4.78, 5) is 13.4. The first-order chi connectivity index (χ1) is 6.70. The first kappa shape index (κ1) is 14.4. The summed E-state index contributed by atoms with van der Waals surface area (Å²) in [6.07, 6.45) is 0.438. The van der Waals surface area contributed by atoms with Crippen LogP contribution in [0.3, 0.4) is 0 Å². The lowest BCUT2D eigenvalue weighted by molar-refractivity contribution is -0.122. The van der Waals surface area contributed by atoms with Gasteiger partial charge in [0.1, 0.15) is 0 Å². The number of hydrogen-bond acceptors (Lipinski definition) is 3. The Hall–Kier alpha value is -0.610. The van der Waals surface area contributed by atoms with Gasteiger partial charge in [0.15, 0.2) is 0 Å². The summed E-state index contributed by atoms with van der Waals surface area (Å²) in [7, 11) is 2.05. The first-order valence-electron chi connectivity index (χ1n) is 5.41. The zero-order valence-electron chi connectivity index (χ0n) is 10.8. The van der Waals surface area contributed by atoms with Crippen molar-refractivity contribution in [1.82, 2.24) is 10.3 Å². The second-order valence-corrected chi connectivity index (χ2v) is 5.33. The van der Waals surface area contributed by atoms with E-state index in [1.54, 1.807) is 0 Å². The van der Waals surface area contributed by atoms with Gasteiger partial charge in [0.2, 0.25) is 5.91 Å². The second-order valence-electron chi connectivity index (χ2n) is 5.33. The number of amides is 1. The van der Waals surface area contributed by atoms with Crippen molar-refractivity contribution < 1.29 is 4.79 Å². The topological polar surface area (TPSA) is 58.4 Å². The number of carbonyl (C=O) groups excluding carboxylic acids is 1. The summed E-state index contributed by atoms with van der Waals surface area (Å²) >= 11 is 0. The Kier molecular flexibility index (Phi) is 5.24. The monoisotopic (exact) mass is 215 g/mol. The van der Waals surface area contributed by atoms with Gasteiger partial charge in [-0.05, 0) is 26.3 Å². The molecule has 2 atom stereocenters. The van der Waals surface area contributed by atoms with Crippen LogP contribution in [-0.2, 0) is 4.79 Å². The predicted octanol–water partition coefficient (Wildman–Crippen LogP) is 1.12. The molecule has 0 saturated heterocycles. The maximum Gasteiger partial charge on any atom is 0.235 e. The largest absolute Gasteiger partial charge is 0.300 e. The van der Waals surface area contributed by atoms with Crippen molar-refractivity contribution in [1.29, 1.82) is 0 Å². The lowest BCUT2D eigenvalue weighted by atomic mass is 9.86. The van der Waals surface area contributed by atoms with Gasteiger partial charge in [-0.3, -0.25) is 15.1 Å². The van der Waals surface area contributed by atoms with Crippen molar-refractivity contribution in [2.45, 2.75) is 53.1 Å². The molecule has 0 radical (unpaired) electrons. The normalized spacial score (nSPS) is 16.3. The molecule has 1 amide bonds. The quantitative estimate of drug-likeness (QED) is 0.420. The fourth-order valence-corrected chi connectivity index (χ4v) is 1.46. The zero-order valence-corrected chi connectivity index (χ0v) is 10.8. The molecule has 0 heterocycles. The van der Waals surface area contributed by atoms with Gasteiger partial charge in [0.05, 0.1) is 0 Å². The molecule has 0 aliphatic carbocycles. The van der Waals surface area contributed by atoms with Crippen LogP contribution in [0, 0.1) is 5.41 Å². The summed E-state index contributed by atoms with van der Waals surface area (Å²) in [6.45, 7) is 10.8. The summed E-state index contributed by atoms with van der Waals surface area (Å²) in [5.74, 6) is 4.95. The van der Waals surface area contributed by atoms with Crippen molar-refractivity contribution in [3.63, 3.8) is 0 Å². The van der Waals surface area contributed by atoms with Crippen molar-refractivity contribution in [3.05, 3.63) is 0 Å². The fraction of sp³-hybridized carbons (Fsp3) is 0.909. The van der Waals surface area contributed by atoms with Gasteiger partial charge in [0, 0.05) is 18.5 Å². The van der Waals surface area contributed by atoms with Gasteiger partial charge in [-0.25, -0.2) is 5.84 Å². The van der Waals surface area contributed by atoms with Crippen molar-refractivity contribution >= 4 is 5.91 Å². The third kappa shape index (κ3) is 4.62. The molecule has 0 aromatic rings. The highest BCUT2D eigenvalue weighted by atomic mass is 16.2. The van der Waals surface area contributed by atoms with E-state index in [9.17, 15) is 4.79 Å². The molecule has 0 saturated carbocycles. The highest BCUT2D eigenvalue weighted by Crippen LogP contribution is 2.24. The summed E-state index contributed by atoms with van der Waals surface area (Å²) in [6, 6.07) is 0.612. The molecule has 2 unspecified atom stereocenters. The smallest absolute Gasteiger partial charge is 0.235 e. The molecule has 0 aliphatic heterocycles. The van der Waals surface area contributed by atoms with Crippen molar-refractivity contribution in [3.8, 4) is 0 Å². The second kappa shape index (κ2) is 5.47. The molecule has 0 fully saturated rings. The molecule has 0 bridgehead atoms. The van der Waals surface area contributed by atoms with Gasteiger partial charge in [-0.15, -0.1) is 0 Å². The standard InChI is InChI=1S/C11H25N3O/c1-8(7-10(15)13-12)14(6)9(2)11(3,4)5/h8-9H,7,12H2,1-6H3,(H,13,15). The number of nitrogens with zero attached hydrogens (tertiary/aromatic N) is 1. The Morgan fingerprint density at radius 1 is 1.40 bits per heavy atom. The molecule has 0 aliphatic rings. The van der Waals surface area contributed by atoms with Gasteiger partial charge >= 0.3 is 0 Å². The van der Waals surface area contributed by atoms with Gasteiger partial charge < -0.3 is 0 Å². The Labute approximate surface area is 93.2 Å². The summed E-state index contributed by atoms with van der Waals surface area (Å²) < 4.78 is 0. The Morgan fingerprint density at radius 3 is 2.20 bits per heavy atom. The van der Waals surface area contributed by atoms with Gasteiger partial charge in [0.25, 0.3) is 0 Å². The Balaban J connectivity index is 4.31. The minimum Gasteiger partial charge on any atom is -0.300 e. The van der Waals surface area contributed by atoms with Crippen LogP contribution < -0.4 is 11.3 Å². The minimum atomic E-state index is -0.115. The molecule has 90 valence electrons. The summed E-state index contributed by atoms with van der Waals surface area (Å²) in [5, 5.41) is 0. The van der Waals surface area contributed by atoms with E-state index in [1.165, 1.54) is 0 Å². The number of carbonyl (C=O) groups is 1. The van der Waals surface area contributed by atoms with Crippen LogP contribution in [0.2, 0.25) is 0 Å². The molecule has 15 heavy (non-hydrogen) atoms. The van der Waals surface area contributed by atoms with E-state index in [-0.39, 0.29) is 17.4 Å². The Bertz CT molecular complexity index is 210. The predicted molar refractivity (Wildman–Crippen MR) is 63.1 cm³/mol. The lowest BCUT2D eigenvalue weighted by Crippen LogP contribution is -2.46. The van der Waals surface area contributed by atoms with Crippen LogP contribution in [0.1, 0.15) is 41.0 Å². The number of rotatable bonds is 4. The van der Waals surface area contributed by atoms with Crippen LogP contribution in [-0.4, -0.2) is 29.9 Å². The van der Waals surface area contributed by atoms with Crippen LogP contribution in [0.5, 0.6) is 0 Å². The van der Waals surface area contributed by atoms with Crippen LogP contribution in [0.4, 0.5) is 0 Å². The molecule has 3 N–H and O–H groups in total. The molecule has 0 aromatic carbocycles. The van der Waals surface area contributed by atoms with E-state index < -0.39 is 0 Å². The maximum absolute atomic E-state index is 11.1. The molecule has 4 nitrogen and oxygen atoms in total. The molecule has 0 rings (SSSR count). The van der Waals surface area contributed by atoms with E-state index in [4.69, 9.17) is 5.84 Å². The lowest BCUT2D eigenvalue weighted by Gasteiger charge is -2.38. The average Bonchev–Trinajstić information content (AvgIpc) is 2.13. The fourth-order valence-electron chi connectivity index (χ4n) is 1.46. The van der Waals surface area contributed by atoms with Crippen LogP contribution in [0.25, 0.3) is 0 Å². The number of nitrogens with two attached hydrogens (primary N) is 1. The van der Waals surface area contributed by atoms with Crippen LogP contribution >= 0.6 is 0 Å².